The van der Waals surface area contributed by atoms with Crippen LogP contribution in [0.3, 0.4) is 0 Å². The first kappa shape index (κ1) is 22.4. The maximum absolute atomic E-state index is 13.8. The van der Waals surface area contributed by atoms with E-state index in [0.29, 0.717) is 28.2 Å². The van der Waals surface area contributed by atoms with Gasteiger partial charge in [0, 0.05) is 0 Å². The Hall–Kier alpha value is -4.31. The maximum Gasteiger partial charge on any atom is 0.346 e. The summed E-state index contributed by atoms with van der Waals surface area (Å²) in [6.45, 7) is 0. The lowest BCUT2D eigenvalue weighted by Crippen LogP contribution is -2.11. The van der Waals surface area contributed by atoms with Crippen molar-refractivity contribution in [1.29, 1.82) is 5.26 Å². The third kappa shape index (κ3) is 4.87. The second kappa shape index (κ2) is 10.1. The molecule has 0 aromatic heterocycles. The highest BCUT2D eigenvalue weighted by molar-refractivity contribution is 5.92. The number of nitriles is 1. The van der Waals surface area contributed by atoms with E-state index in [0.717, 1.165) is 0 Å². The first-order valence-corrected chi connectivity index (χ1v) is 9.49. The molecule has 0 aliphatic heterocycles. The second-order valence-electron chi connectivity index (χ2n) is 6.52. The Morgan fingerprint density at radius 3 is 2.19 bits per heavy atom. The molecular weight excluding hydrogens is 413 g/mol. The second-order valence-corrected chi connectivity index (χ2v) is 6.52. The number of esters is 1. The molecule has 0 fully saturated rings. The lowest BCUT2D eigenvalue weighted by Gasteiger charge is -2.11. The molecule has 3 rings (SSSR count). The molecule has 0 heterocycles. The Morgan fingerprint density at radius 1 is 0.875 bits per heavy atom. The molecule has 0 radical (unpaired) electrons. The van der Waals surface area contributed by atoms with Gasteiger partial charge in [0.15, 0.2) is 23.0 Å². The van der Waals surface area contributed by atoms with Crippen LogP contribution in [0.4, 0.5) is 4.39 Å². The van der Waals surface area contributed by atoms with Crippen LogP contribution in [0.2, 0.25) is 0 Å². The maximum atomic E-state index is 13.8. The van der Waals surface area contributed by atoms with Crippen LogP contribution in [-0.2, 0) is 0 Å². The number of benzene rings is 3. The van der Waals surface area contributed by atoms with E-state index in [1.54, 1.807) is 42.5 Å². The van der Waals surface area contributed by atoms with E-state index in [2.05, 4.69) is 6.07 Å². The van der Waals surface area contributed by atoms with Gasteiger partial charge >= 0.3 is 5.97 Å². The monoisotopic (exact) mass is 433 g/mol. The number of rotatable bonds is 7. The van der Waals surface area contributed by atoms with Gasteiger partial charge < -0.3 is 18.9 Å². The SMILES string of the molecule is COc1ccc(/C(C#N)=C\c2ccc(OC(=O)c3ccccc3F)c(OC)c2)cc1OC. The van der Waals surface area contributed by atoms with Gasteiger partial charge in [0.25, 0.3) is 0 Å². The summed E-state index contributed by atoms with van der Waals surface area (Å²) in [6.07, 6.45) is 1.66. The normalized spacial score (nSPS) is 10.8. The minimum Gasteiger partial charge on any atom is -0.493 e. The molecule has 0 N–H and O–H groups in total. The van der Waals surface area contributed by atoms with E-state index in [1.807, 2.05) is 0 Å². The third-order valence-corrected chi connectivity index (χ3v) is 4.61. The van der Waals surface area contributed by atoms with E-state index in [4.69, 9.17) is 18.9 Å². The van der Waals surface area contributed by atoms with Gasteiger partial charge in [-0.3, -0.25) is 0 Å². The van der Waals surface area contributed by atoms with Crippen LogP contribution in [0, 0.1) is 17.1 Å². The standard InChI is InChI=1S/C25H20FNO5/c1-29-21-11-9-17(14-24(21)31-3)18(15-27)12-16-8-10-22(23(13-16)30-2)32-25(28)19-6-4-5-7-20(19)26/h4-14H,1-3H3/b18-12-. The molecule has 3 aromatic rings. The molecule has 0 saturated heterocycles. The van der Waals surface area contributed by atoms with Gasteiger partial charge in [-0.25, -0.2) is 9.18 Å². The molecule has 0 aliphatic rings. The van der Waals surface area contributed by atoms with Crippen LogP contribution in [0.25, 0.3) is 11.6 Å². The number of carbonyl (C=O) groups excluding carboxylic acids is 1. The Kier molecular flexibility index (Phi) is 7.09. The number of ether oxygens (including phenoxy) is 4. The Morgan fingerprint density at radius 2 is 1.53 bits per heavy atom. The van der Waals surface area contributed by atoms with Crippen molar-refractivity contribution in [3.8, 4) is 29.1 Å². The quantitative estimate of drug-likeness (QED) is 0.222. The van der Waals surface area contributed by atoms with E-state index >= 15 is 0 Å². The lowest BCUT2D eigenvalue weighted by molar-refractivity contribution is 0.0725. The molecule has 0 saturated carbocycles. The minimum absolute atomic E-state index is 0.127. The van der Waals surface area contributed by atoms with Gasteiger partial charge in [-0.2, -0.15) is 5.26 Å². The molecule has 0 unspecified atom stereocenters. The molecule has 32 heavy (non-hydrogen) atoms. The summed E-state index contributed by atoms with van der Waals surface area (Å²) in [5, 5.41) is 9.66. The topological polar surface area (TPSA) is 77.8 Å². The number of nitrogens with zero attached hydrogens (tertiary/aromatic N) is 1. The summed E-state index contributed by atoms with van der Waals surface area (Å²) in [5.41, 5.74) is 1.47. The van der Waals surface area contributed by atoms with E-state index in [1.165, 1.54) is 45.6 Å². The highest BCUT2D eigenvalue weighted by Gasteiger charge is 2.16. The van der Waals surface area contributed by atoms with E-state index in [9.17, 15) is 14.4 Å². The number of carbonyl (C=O) groups is 1. The molecular formula is C25H20FNO5. The first-order valence-electron chi connectivity index (χ1n) is 9.49. The molecule has 6 nitrogen and oxygen atoms in total. The fourth-order valence-corrected chi connectivity index (χ4v) is 2.99. The summed E-state index contributed by atoms with van der Waals surface area (Å²) < 4.78 is 35.0. The number of halogens is 1. The molecule has 0 amide bonds. The highest BCUT2D eigenvalue weighted by atomic mass is 19.1. The predicted molar refractivity (Wildman–Crippen MR) is 117 cm³/mol. The molecule has 0 spiro atoms. The van der Waals surface area contributed by atoms with Gasteiger partial charge in [-0.05, 0) is 59.7 Å². The summed E-state index contributed by atoms with van der Waals surface area (Å²) in [7, 11) is 4.47. The zero-order chi connectivity index (χ0) is 23.1. The van der Waals surface area contributed by atoms with E-state index in [-0.39, 0.29) is 17.1 Å². The van der Waals surface area contributed by atoms with Crippen LogP contribution < -0.4 is 18.9 Å². The Balaban J connectivity index is 1.91. The summed E-state index contributed by atoms with van der Waals surface area (Å²) >= 11 is 0. The first-order chi connectivity index (χ1) is 15.5. The zero-order valence-corrected chi connectivity index (χ0v) is 17.7. The van der Waals surface area contributed by atoms with Crippen molar-refractivity contribution in [3.05, 3.63) is 83.2 Å². The van der Waals surface area contributed by atoms with Crippen molar-refractivity contribution >= 4 is 17.6 Å². The Labute approximate surface area is 185 Å². The molecule has 0 bridgehead atoms. The molecule has 3 aromatic carbocycles. The van der Waals surface area contributed by atoms with Gasteiger partial charge in [0.2, 0.25) is 0 Å². The fourth-order valence-electron chi connectivity index (χ4n) is 2.99. The van der Waals surface area contributed by atoms with Crippen molar-refractivity contribution in [2.24, 2.45) is 0 Å². The molecule has 0 aliphatic carbocycles. The van der Waals surface area contributed by atoms with Crippen LogP contribution in [0.5, 0.6) is 23.0 Å². The summed E-state index contributed by atoms with van der Waals surface area (Å²) in [6, 6.07) is 17.7. The van der Waals surface area contributed by atoms with Crippen LogP contribution in [0.15, 0.2) is 60.7 Å². The van der Waals surface area contributed by atoms with Gasteiger partial charge in [0.1, 0.15) is 5.82 Å². The number of allylic oxidation sites excluding steroid dienone is 1. The third-order valence-electron chi connectivity index (χ3n) is 4.61. The predicted octanol–water partition coefficient (Wildman–Crippen LogP) is 5.13. The Bertz CT molecular complexity index is 1210. The van der Waals surface area contributed by atoms with Crippen LogP contribution >= 0.6 is 0 Å². The average Bonchev–Trinajstić information content (AvgIpc) is 2.82. The summed E-state index contributed by atoms with van der Waals surface area (Å²) in [5.74, 6) is -0.0803. The smallest absolute Gasteiger partial charge is 0.346 e. The lowest BCUT2D eigenvalue weighted by atomic mass is 10.0. The van der Waals surface area contributed by atoms with Crippen molar-refractivity contribution in [2.45, 2.75) is 0 Å². The molecule has 7 heteroatoms. The highest BCUT2D eigenvalue weighted by Crippen LogP contribution is 2.33. The van der Waals surface area contributed by atoms with Crippen molar-refractivity contribution < 1.29 is 28.1 Å². The fraction of sp³-hybridized carbons (Fsp3) is 0.120. The average molecular weight is 433 g/mol. The van der Waals surface area contributed by atoms with Crippen molar-refractivity contribution in [3.63, 3.8) is 0 Å². The number of methoxy groups -OCH3 is 3. The zero-order valence-electron chi connectivity index (χ0n) is 17.7. The van der Waals surface area contributed by atoms with Crippen molar-refractivity contribution in [2.75, 3.05) is 21.3 Å². The van der Waals surface area contributed by atoms with E-state index < -0.39 is 11.8 Å². The van der Waals surface area contributed by atoms with Crippen LogP contribution in [-0.4, -0.2) is 27.3 Å². The van der Waals surface area contributed by atoms with Gasteiger partial charge in [0.05, 0.1) is 38.5 Å². The number of hydrogen-bond acceptors (Lipinski definition) is 6. The molecule has 162 valence electrons. The van der Waals surface area contributed by atoms with Crippen LogP contribution in [0.1, 0.15) is 21.5 Å². The van der Waals surface area contributed by atoms with Gasteiger partial charge in [-0.15, -0.1) is 0 Å². The number of hydrogen-bond donors (Lipinski definition) is 0. The van der Waals surface area contributed by atoms with Crippen molar-refractivity contribution in [1.82, 2.24) is 0 Å². The molecule has 0 atom stereocenters. The summed E-state index contributed by atoms with van der Waals surface area (Å²) in [4.78, 5) is 12.3. The van der Waals surface area contributed by atoms with Gasteiger partial charge in [-0.1, -0.05) is 18.2 Å². The largest absolute Gasteiger partial charge is 0.493 e. The minimum atomic E-state index is -0.840.